The van der Waals surface area contributed by atoms with Crippen molar-refractivity contribution in [3.8, 4) is 0 Å². The van der Waals surface area contributed by atoms with Crippen LogP contribution in [0.1, 0.15) is 12.5 Å². The van der Waals surface area contributed by atoms with E-state index in [-0.39, 0.29) is 28.9 Å². The minimum Gasteiger partial charge on any atom is -0.380 e. The third-order valence-corrected chi connectivity index (χ3v) is 4.32. The molecule has 0 aliphatic heterocycles. The van der Waals surface area contributed by atoms with Crippen LogP contribution in [-0.2, 0) is 21.3 Å². The van der Waals surface area contributed by atoms with Gasteiger partial charge in [-0.15, -0.1) is 24.0 Å². The second-order valence-electron chi connectivity index (χ2n) is 4.40. The molecular weight excluding hydrogens is 431 g/mol. The first-order valence-electron chi connectivity index (χ1n) is 7.08. The third kappa shape index (κ3) is 7.95. The number of nitrogens with zero attached hydrogens (tertiary/aromatic N) is 1. The van der Waals surface area contributed by atoms with Gasteiger partial charge in [0.05, 0.1) is 11.5 Å². The molecule has 0 atom stereocenters. The van der Waals surface area contributed by atoms with Crippen molar-refractivity contribution in [3.05, 3.63) is 29.8 Å². The molecule has 0 bridgehead atoms. The van der Waals surface area contributed by atoms with Gasteiger partial charge in [0.25, 0.3) is 0 Å². The number of halogens is 1. The average Bonchev–Trinajstić information content (AvgIpc) is 2.54. The van der Waals surface area contributed by atoms with E-state index in [0.29, 0.717) is 32.3 Å². The highest BCUT2D eigenvalue weighted by Crippen LogP contribution is 2.10. The van der Waals surface area contributed by atoms with Crippen LogP contribution in [-0.4, -0.2) is 48.2 Å². The van der Waals surface area contributed by atoms with Crippen LogP contribution < -0.4 is 15.4 Å². The molecule has 0 fully saturated rings. The lowest BCUT2D eigenvalue weighted by atomic mass is 10.2. The molecule has 0 saturated heterocycles. The van der Waals surface area contributed by atoms with Gasteiger partial charge >= 0.3 is 0 Å². The number of rotatable bonds is 8. The van der Waals surface area contributed by atoms with Crippen LogP contribution in [0.25, 0.3) is 0 Å². The zero-order valence-corrected chi connectivity index (χ0v) is 16.8. The lowest BCUT2D eigenvalue weighted by Crippen LogP contribution is -2.38. The fourth-order valence-corrected chi connectivity index (χ4v) is 2.53. The zero-order chi connectivity index (χ0) is 16.4. The molecule has 3 N–H and O–H groups in total. The van der Waals surface area contributed by atoms with Crippen LogP contribution in [0.2, 0.25) is 0 Å². The highest BCUT2D eigenvalue weighted by atomic mass is 127. The van der Waals surface area contributed by atoms with E-state index in [4.69, 9.17) is 4.74 Å². The summed E-state index contributed by atoms with van der Waals surface area (Å²) in [4.78, 5) is 4.34. The summed E-state index contributed by atoms with van der Waals surface area (Å²) >= 11 is 0. The van der Waals surface area contributed by atoms with Crippen LogP contribution in [0.4, 0.5) is 0 Å². The Labute approximate surface area is 155 Å². The average molecular weight is 456 g/mol. The Bertz CT molecular complexity index is 593. The van der Waals surface area contributed by atoms with Crippen LogP contribution in [0.5, 0.6) is 0 Å². The van der Waals surface area contributed by atoms with Crippen molar-refractivity contribution in [1.29, 1.82) is 0 Å². The SMILES string of the molecule is CCOCCNC(=NC)NCc1cccc(S(=O)(=O)NC)c1.I. The Kier molecular flexibility index (Phi) is 11.1. The highest BCUT2D eigenvalue weighted by Gasteiger charge is 2.11. The van der Waals surface area contributed by atoms with Crippen molar-refractivity contribution in [2.24, 2.45) is 4.99 Å². The van der Waals surface area contributed by atoms with Crippen LogP contribution >= 0.6 is 24.0 Å². The number of benzene rings is 1. The number of ether oxygens (including phenoxy) is 1. The maximum atomic E-state index is 11.8. The fraction of sp³-hybridized carbons (Fsp3) is 0.500. The molecule has 0 aliphatic carbocycles. The topological polar surface area (TPSA) is 91.8 Å². The molecule has 9 heteroatoms. The van der Waals surface area contributed by atoms with Crippen molar-refractivity contribution in [2.45, 2.75) is 18.4 Å². The largest absolute Gasteiger partial charge is 0.380 e. The lowest BCUT2D eigenvalue weighted by molar-refractivity contribution is 0.152. The number of aliphatic imine (C=N–C) groups is 1. The normalized spacial score (nSPS) is 11.7. The molecule has 0 amide bonds. The van der Waals surface area contributed by atoms with Gasteiger partial charge in [-0.25, -0.2) is 13.1 Å². The molecular formula is C14H25IN4O3S. The van der Waals surface area contributed by atoms with Gasteiger partial charge in [0.2, 0.25) is 10.0 Å². The monoisotopic (exact) mass is 456 g/mol. The van der Waals surface area contributed by atoms with E-state index in [9.17, 15) is 8.42 Å². The van der Waals surface area contributed by atoms with Crippen molar-refractivity contribution in [3.63, 3.8) is 0 Å². The molecule has 0 radical (unpaired) electrons. The molecule has 7 nitrogen and oxygen atoms in total. The Hall–Kier alpha value is -0.910. The third-order valence-electron chi connectivity index (χ3n) is 2.90. The molecule has 0 aromatic heterocycles. The van der Waals surface area contributed by atoms with Gasteiger partial charge in [-0.05, 0) is 31.7 Å². The first kappa shape index (κ1) is 22.1. The predicted molar refractivity (Wildman–Crippen MR) is 103 cm³/mol. The van der Waals surface area contributed by atoms with Gasteiger partial charge < -0.3 is 15.4 Å². The summed E-state index contributed by atoms with van der Waals surface area (Å²) in [6.45, 7) is 4.36. The Morgan fingerprint density at radius 3 is 2.65 bits per heavy atom. The van der Waals surface area contributed by atoms with Crippen molar-refractivity contribution in [1.82, 2.24) is 15.4 Å². The summed E-state index contributed by atoms with van der Waals surface area (Å²) in [5.74, 6) is 0.640. The smallest absolute Gasteiger partial charge is 0.240 e. The second kappa shape index (κ2) is 11.6. The summed E-state index contributed by atoms with van der Waals surface area (Å²) in [5.41, 5.74) is 0.851. The van der Waals surface area contributed by atoms with E-state index >= 15 is 0 Å². The first-order chi connectivity index (χ1) is 10.5. The quantitative estimate of drug-likeness (QED) is 0.234. The molecule has 23 heavy (non-hydrogen) atoms. The Morgan fingerprint density at radius 1 is 1.30 bits per heavy atom. The molecule has 1 aromatic carbocycles. The fourth-order valence-electron chi connectivity index (χ4n) is 1.73. The van der Waals surface area contributed by atoms with Crippen molar-refractivity contribution in [2.75, 3.05) is 33.9 Å². The number of sulfonamides is 1. The van der Waals surface area contributed by atoms with Crippen LogP contribution in [0.15, 0.2) is 34.2 Å². The molecule has 1 aromatic rings. The maximum Gasteiger partial charge on any atom is 0.240 e. The number of hydrogen-bond acceptors (Lipinski definition) is 4. The Morgan fingerprint density at radius 2 is 2.04 bits per heavy atom. The summed E-state index contributed by atoms with van der Waals surface area (Å²) in [5, 5.41) is 6.24. The van der Waals surface area contributed by atoms with Crippen molar-refractivity contribution < 1.29 is 13.2 Å². The van der Waals surface area contributed by atoms with Gasteiger partial charge in [-0.3, -0.25) is 4.99 Å². The highest BCUT2D eigenvalue weighted by molar-refractivity contribution is 14.0. The molecule has 0 aliphatic rings. The minimum atomic E-state index is -3.43. The molecule has 1 rings (SSSR count). The van der Waals surface area contributed by atoms with Gasteiger partial charge in [0.1, 0.15) is 0 Å². The van der Waals surface area contributed by atoms with E-state index in [1.165, 1.54) is 7.05 Å². The van der Waals surface area contributed by atoms with Crippen molar-refractivity contribution >= 4 is 40.0 Å². The lowest BCUT2D eigenvalue weighted by Gasteiger charge is -2.12. The minimum absolute atomic E-state index is 0. The van der Waals surface area contributed by atoms with E-state index in [0.717, 1.165) is 5.56 Å². The van der Waals surface area contributed by atoms with E-state index in [2.05, 4.69) is 20.3 Å². The van der Waals surface area contributed by atoms with Crippen LogP contribution in [0, 0.1) is 0 Å². The Balaban J connectivity index is 0.00000484. The van der Waals surface area contributed by atoms with E-state index in [1.807, 2.05) is 13.0 Å². The summed E-state index contributed by atoms with van der Waals surface area (Å²) in [6, 6.07) is 6.76. The predicted octanol–water partition coefficient (Wildman–Crippen LogP) is 0.914. The van der Waals surface area contributed by atoms with Gasteiger partial charge in [-0.1, -0.05) is 12.1 Å². The van der Waals surface area contributed by atoms with Crippen LogP contribution in [0.3, 0.4) is 0 Å². The van der Waals surface area contributed by atoms with E-state index in [1.54, 1.807) is 25.2 Å². The summed E-state index contributed by atoms with van der Waals surface area (Å²) in [7, 11) is -0.354. The second-order valence-corrected chi connectivity index (χ2v) is 6.29. The molecule has 132 valence electrons. The first-order valence-corrected chi connectivity index (χ1v) is 8.56. The molecule has 0 heterocycles. The summed E-state index contributed by atoms with van der Waals surface area (Å²) in [6.07, 6.45) is 0. The zero-order valence-electron chi connectivity index (χ0n) is 13.6. The maximum absolute atomic E-state index is 11.8. The van der Waals surface area contributed by atoms with Gasteiger partial charge in [0, 0.05) is 26.7 Å². The number of nitrogens with one attached hydrogen (secondary N) is 3. The standard InChI is InChI=1S/C14H24N4O3S.HI/c1-4-21-9-8-17-14(15-2)18-11-12-6-5-7-13(10-12)22(19,20)16-3;/h5-7,10,16H,4,8-9,11H2,1-3H3,(H2,15,17,18);1H. The van der Waals surface area contributed by atoms with Gasteiger partial charge in [0.15, 0.2) is 5.96 Å². The van der Waals surface area contributed by atoms with Gasteiger partial charge in [-0.2, -0.15) is 0 Å². The molecule has 0 saturated carbocycles. The number of guanidine groups is 1. The molecule has 0 spiro atoms. The number of hydrogen-bond donors (Lipinski definition) is 3. The molecule has 0 unspecified atom stereocenters. The summed E-state index contributed by atoms with van der Waals surface area (Å²) < 4.78 is 31.1. The van der Waals surface area contributed by atoms with E-state index < -0.39 is 10.0 Å².